The van der Waals surface area contributed by atoms with Crippen molar-refractivity contribution >= 4 is 11.9 Å². The fourth-order valence-electron chi connectivity index (χ4n) is 1.79. The Morgan fingerprint density at radius 1 is 1.44 bits per heavy atom. The lowest BCUT2D eigenvalue weighted by molar-refractivity contribution is -0.145. The third kappa shape index (κ3) is 2.91. The van der Waals surface area contributed by atoms with Gasteiger partial charge in [0.05, 0.1) is 13.0 Å². The SMILES string of the molecule is COC(=O)C(C)CN(C)C(=O)c1ccc(C)n1C. The molecule has 1 atom stereocenters. The van der Waals surface area contributed by atoms with Crippen LogP contribution in [0.4, 0.5) is 0 Å². The van der Waals surface area contributed by atoms with Crippen molar-refractivity contribution < 1.29 is 14.3 Å². The zero-order chi connectivity index (χ0) is 13.9. The molecular weight excluding hydrogens is 232 g/mol. The van der Waals surface area contributed by atoms with Crippen LogP contribution in [0.2, 0.25) is 0 Å². The van der Waals surface area contributed by atoms with Crippen LogP contribution in [0.25, 0.3) is 0 Å². The molecule has 1 amide bonds. The van der Waals surface area contributed by atoms with Gasteiger partial charge < -0.3 is 14.2 Å². The van der Waals surface area contributed by atoms with E-state index in [1.807, 2.05) is 24.6 Å². The fourth-order valence-corrected chi connectivity index (χ4v) is 1.79. The number of esters is 1. The summed E-state index contributed by atoms with van der Waals surface area (Å²) in [6.45, 7) is 4.02. The van der Waals surface area contributed by atoms with Crippen LogP contribution in [0.15, 0.2) is 12.1 Å². The van der Waals surface area contributed by atoms with Crippen LogP contribution in [0.1, 0.15) is 23.1 Å². The van der Waals surface area contributed by atoms with E-state index in [0.717, 1.165) is 5.69 Å². The zero-order valence-corrected chi connectivity index (χ0v) is 11.6. The summed E-state index contributed by atoms with van der Waals surface area (Å²) in [5, 5.41) is 0. The number of hydrogen-bond donors (Lipinski definition) is 0. The number of aryl methyl sites for hydroxylation is 1. The second-order valence-electron chi connectivity index (χ2n) is 4.53. The van der Waals surface area contributed by atoms with Gasteiger partial charge in [0.25, 0.3) is 5.91 Å². The molecule has 0 saturated heterocycles. The standard InChI is InChI=1S/C13H20N2O3/c1-9(13(17)18-5)8-14(3)12(16)11-7-6-10(2)15(11)4/h6-7,9H,8H2,1-5H3. The highest BCUT2D eigenvalue weighted by Crippen LogP contribution is 2.10. The number of amides is 1. The van der Waals surface area contributed by atoms with Gasteiger partial charge in [-0.2, -0.15) is 0 Å². The summed E-state index contributed by atoms with van der Waals surface area (Å²) in [7, 11) is 4.88. The maximum Gasteiger partial charge on any atom is 0.310 e. The van der Waals surface area contributed by atoms with Gasteiger partial charge in [0.15, 0.2) is 0 Å². The molecule has 1 rings (SSSR count). The van der Waals surface area contributed by atoms with Crippen LogP contribution in [-0.4, -0.2) is 42.0 Å². The number of carbonyl (C=O) groups excluding carboxylic acids is 2. The van der Waals surface area contributed by atoms with E-state index in [0.29, 0.717) is 12.2 Å². The first-order valence-corrected chi connectivity index (χ1v) is 5.84. The average Bonchev–Trinajstić information content (AvgIpc) is 2.67. The molecule has 0 N–H and O–H groups in total. The van der Waals surface area contributed by atoms with Crippen LogP contribution in [0, 0.1) is 12.8 Å². The molecule has 18 heavy (non-hydrogen) atoms. The first kappa shape index (κ1) is 14.3. The van der Waals surface area contributed by atoms with Crippen molar-refractivity contribution in [3.63, 3.8) is 0 Å². The molecular formula is C13H20N2O3. The number of aromatic nitrogens is 1. The van der Waals surface area contributed by atoms with Crippen molar-refractivity contribution in [1.29, 1.82) is 0 Å². The van der Waals surface area contributed by atoms with Gasteiger partial charge in [0, 0.05) is 26.3 Å². The molecule has 5 heteroatoms. The summed E-state index contributed by atoms with van der Waals surface area (Å²) >= 11 is 0. The van der Waals surface area contributed by atoms with Gasteiger partial charge in [-0.15, -0.1) is 0 Å². The molecule has 0 aliphatic rings. The Kier molecular flexibility index (Phi) is 4.53. The largest absolute Gasteiger partial charge is 0.469 e. The summed E-state index contributed by atoms with van der Waals surface area (Å²) in [6.07, 6.45) is 0. The smallest absolute Gasteiger partial charge is 0.310 e. The average molecular weight is 252 g/mol. The van der Waals surface area contributed by atoms with E-state index in [1.54, 1.807) is 20.0 Å². The molecule has 1 unspecified atom stereocenters. The molecule has 0 bridgehead atoms. The molecule has 0 aromatic carbocycles. The highest BCUT2D eigenvalue weighted by molar-refractivity contribution is 5.93. The normalized spacial score (nSPS) is 12.1. The van der Waals surface area contributed by atoms with Gasteiger partial charge >= 0.3 is 5.97 Å². The Labute approximate surface area is 107 Å². The number of ether oxygens (including phenoxy) is 1. The van der Waals surface area contributed by atoms with Gasteiger partial charge in [0.1, 0.15) is 5.69 Å². The predicted octanol–water partition coefficient (Wildman–Crippen LogP) is 1.21. The molecule has 0 aliphatic carbocycles. The third-order valence-corrected chi connectivity index (χ3v) is 3.09. The number of carbonyl (C=O) groups is 2. The van der Waals surface area contributed by atoms with Crippen molar-refractivity contribution in [1.82, 2.24) is 9.47 Å². The van der Waals surface area contributed by atoms with Gasteiger partial charge in [0.2, 0.25) is 0 Å². The molecule has 0 fully saturated rings. The Morgan fingerprint density at radius 2 is 2.06 bits per heavy atom. The van der Waals surface area contributed by atoms with Crippen LogP contribution in [-0.2, 0) is 16.6 Å². The van der Waals surface area contributed by atoms with Crippen molar-refractivity contribution in [2.75, 3.05) is 20.7 Å². The maximum atomic E-state index is 12.2. The first-order chi connectivity index (χ1) is 8.38. The topological polar surface area (TPSA) is 51.5 Å². The van der Waals surface area contributed by atoms with E-state index in [4.69, 9.17) is 0 Å². The van der Waals surface area contributed by atoms with Crippen molar-refractivity contribution in [2.24, 2.45) is 13.0 Å². The fraction of sp³-hybridized carbons (Fsp3) is 0.538. The van der Waals surface area contributed by atoms with Crippen LogP contribution >= 0.6 is 0 Å². The Balaban J connectivity index is 2.73. The van der Waals surface area contributed by atoms with Gasteiger partial charge in [-0.1, -0.05) is 6.92 Å². The van der Waals surface area contributed by atoms with Gasteiger partial charge in [-0.3, -0.25) is 9.59 Å². The Hall–Kier alpha value is -1.78. The lowest BCUT2D eigenvalue weighted by Gasteiger charge is -2.20. The van der Waals surface area contributed by atoms with Crippen LogP contribution < -0.4 is 0 Å². The zero-order valence-electron chi connectivity index (χ0n) is 11.6. The van der Waals surface area contributed by atoms with E-state index in [1.165, 1.54) is 12.0 Å². The highest BCUT2D eigenvalue weighted by atomic mass is 16.5. The van der Waals surface area contributed by atoms with Crippen LogP contribution in [0.5, 0.6) is 0 Å². The maximum absolute atomic E-state index is 12.2. The molecule has 100 valence electrons. The van der Waals surface area contributed by atoms with E-state index < -0.39 is 0 Å². The Bertz CT molecular complexity index is 451. The lowest BCUT2D eigenvalue weighted by Crippen LogP contribution is -2.35. The van der Waals surface area contributed by atoms with Crippen molar-refractivity contribution in [3.05, 3.63) is 23.5 Å². The third-order valence-electron chi connectivity index (χ3n) is 3.09. The molecule has 1 aromatic rings. The van der Waals surface area contributed by atoms with Crippen molar-refractivity contribution in [2.45, 2.75) is 13.8 Å². The minimum atomic E-state index is -0.328. The summed E-state index contributed by atoms with van der Waals surface area (Å²) in [6, 6.07) is 3.68. The van der Waals surface area contributed by atoms with Gasteiger partial charge in [-0.25, -0.2) is 0 Å². The molecule has 5 nitrogen and oxygen atoms in total. The first-order valence-electron chi connectivity index (χ1n) is 5.84. The van der Waals surface area contributed by atoms with E-state index >= 15 is 0 Å². The number of hydrogen-bond acceptors (Lipinski definition) is 3. The molecule has 1 aromatic heterocycles. The minimum Gasteiger partial charge on any atom is -0.469 e. The summed E-state index contributed by atoms with van der Waals surface area (Å²) in [4.78, 5) is 25.0. The number of rotatable bonds is 4. The van der Waals surface area contributed by atoms with Gasteiger partial charge in [-0.05, 0) is 19.1 Å². The molecule has 0 saturated carbocycles. The molecule has 0 spiro atoms. The quantitative estimate of drug-likeness (QED) is 0.757. The molecule has 0 radical (unpaired) electrons. The van der Waals surface area contributed by atoms with E-state index in [2.05, 4.69) is 4.74 Å². The summed E-state index contributed by atoms with van der Waals surface area (Å²) in [5.74, 6) is -0.732. The van der Waals surface area contributed by atoms with E-state index in [9.17, 15) is 9.59 Å². The lowest BCUT2D eigenvalue weighted by atomic mass is 10.1. The molecule has 1 heterocycles. The summed E-state index contributed by atoms with van der Waals surface area (Å²) < 4.78 is 6.48. The van der Waals surface area contributed by atoms with Crippen LogP contribution in [0.3, 0.4) is 0 Å². The van der Waals surface area contributed by atoms with E-state index in [-0.39, 0.29) is 17.8 Å². The molecule has 0 aliphatic heterocycles. The second kappa shape index (κ2) is 5.71. The highest BCUT2D eigenvalue weighted by Gasteiger charge is 2.21. The number of nitrogens with zero attached hydrogens (tertiary/aromatic N) is 2. The minimum absolute atomic E-state index is 0.0960. The second-order valence-corrected chi connectivity index (χ2v) is 4.53. The summed E-state index contributed by atoms with van der Waals surface area (Å²) in [5.41, 5.74) is 1.64. The monoisotopic (exact) mass is 252 g/mol. The predicted molar refractivity (Wildman–Crippen MR) is 68.3 cm³/mol. The van der Waals surface area contributed by atoms with Crippen molar-refractivity contribution in [3.8, 4) is 0 Å². The number of methoxy groups -OCH3 is 1. The Morgan fingerprint density at radius 3 is 2.50 bits per heavy atom.